The maximum atomic E-state index is 9.68. The molecular formula is C10H20INO2. The van der Waals surface area contributed by atoms with Crippen LogP contribution in [0, 0.1) is 11.8 Å². The van der Waals surface area contributed by atoms with Crippen LogP contribution in [0.15, 0.2) is 0 Å². The average Bonchev–Trinajstić information content (AvgIpc) is 2.20. The first-order valence-electron chi connectivity index (χ1n) is 5.33. The quantitative estimate of drug-likeness (QED) is 0.670. The molecule has 3 nitrogen and oxygen atoms in total. The van der Waals surface area contributed by atoms with Crippen LogP contribution in [0.25, 0.3) is 0 Å². The van der Waals surface area contributed by atoms with Gasteiger partial charge >= 0.3 is 0 Å². The highest BCUT2D eigenvalue weighted by Crippen LogP contribution is 2.33. The molecule has 1 saturated heterocycles. The van der Waals surface area contributed by atoms with Gasteiger partial charge in [-0.15, -0.1) is 0 Å². The third-order valence-corrected chi connectivity index (χ3v) is 3.24. The van der Waals surface area contributed by atoms with E-state index in [4.69, 9.17) is 0 Å². The minimum atomic E-state index is 0.0100. The van der Waals surface area contributed by atoms with Crippen LogP contribution >= 0.6 is 23.0 Å². The van der Waals surface area contributed by atoms with Crippen LogP contribution in [-0.4, -0.2) is 31.4 Å². The van der Waals surface area contributed by atoms with Crippen LogP contribution in [-0.2, 0) is 3.07 Å². The number of aliphatic hydroxyl groups is 1. The van der Waals surface area contributed by atoms with Crippen molar-refractivity contribution in [3.63, 3.8) is 0 Å². The monoisotopic (exact) mass is 313 g/mol. The van der Waals surface area contributed by atoms with Gasteiger partial charge in [0.15, 0.2) is 0 Å². The van der Waals surface area contributed by atoms with Crippen molar-refractivity contribution >= 4 is 23.0 Å². The maximum Gasteiger partial charge on any atom is 0.109 e. The lowest BCUT2D eigenvalue weighted by Gasteiger charge is -2.39. The largest absolute Gasteiger partial charge is 0.393 e. The fourth-order valence-electron chi connectivity index (χ4n) is 2.57. The Morgan fingerprint density at radius 1 is 1.36 bits per heavy atom. The van der Waals surface area contributed by atoms with Gasteiger partial charge in [0.25, 0.3) is 0 Å². The molecule has 84 valence electrons. The molecule has 2 aliphatic rings. The smallest absolute Gasteiger partial charge is 0.109 e. The molecule has 1 aliphatic carbocycles. The number of fused-ring (bicyclic) bond motifs is 1. The molecule has 2 N–H and O–H groups in total. The number of aliphatic hydroxyl groups excluding tert-OH is 1. The standard InChI is InChI=1S/C9H17NO.CH3IO/c11-9-3-1-2-7-6-10-5-4-8(7)9;1-3-2/h7-11H,1-6H2;1H3. The molecule has 14 heavy (non-hydrogen) atoms. The molecule has 1 heterocycles. The lowest BCUT2D eigenvalue weighted by atomic mass is 9.74. The van der Waals surface area contributed by atoms with Gasteiger partial charge in [0.2, 0.25) is 0 Å². The zero-order chi connectivity index (χ0) is 10.4. The SMILES string of the molecule is COI.OC1CCCC2CNCCC12. The number of piperidine rings is 1. The van der Waals surface area contributed by atoms with E-state index in [0.29, 0.717) is 5.92 Å². The molecule has 3 unspecified atom stereocenters. The van der Waals surface area contributed by atoms with Crippen molar-refractivity contribution in [2.75, 3.05) is 20.2 Å². The van der Waals surface area contributed by atoms with Crippen molar-refractivity contribution in [2.45, 2.75) is 31.8 Å². The highest BCUT2D eigenvalue weighted by molar-refractivity contribution is 14.1. The molecule has 0 amide bonds. The third kappa shape index (κ3) is 3.64. The molecule has 0 aromatic rings. The second-order valence-electron chi connectivity index (χ2n) is 4.07. The van der Waals surface area contributed by atoms with E-state index in [-0.39, 0.29) is 6.10 Å². The molecule has 0 bridgehead atoms. The number of rotatable bonds is 0. The van der Waals surface area contributed by atoms with Crippen molar-refractivity contribution in [1.29, 1.82) is 0 Å². The van der Waals surface area contributed by atoms with E-state index in [2.05, 4.69) is 8.38 Å². The van der Waals surface area contributed by atoms with E-state index in [1.165, 1.54) is 19.3 Å². The second kappa shape index (κ2) is 6.98. The summed E-state index contributed by atoms with van der Waals surface area (Å²) in [5.41, 5.74) is 0. The van der Waals surface area contributed by atoms with Crippen LogP contribution < -0.4 is 5.32 Å². The number of halogens is 1. The van der Waals surface area contributed by atoms with Crippen LogP contribution in [0.5, 0.6) is 0 Å². The van der Waals surface area contributed by atoms with E-state index < -0.39 is 0 Å². The fourth-order valence-corrected chi connectivity index (χ4v) is 2.57. The van der Waals surface area contributed by atoms with Gasteiger partial charge in [-0.2, -0.15) is 0 Å². The molecule has 2 fully saturated rings. The Hall–Kier alpha value is 0.610. The van der Waals surface area contributed by atoms with Crippen molar-refractivity contribution in [3.05, 3.63) is 0 Å². The summed E-state index contributed by atoms with van der Waals surface area (Å²) in [6.45, 7) is 2.25. The summed E-state index contributed by atoms with van der Waals surface area (Å²) in [6.07, 6.45) is 4.79. The Balaban J connectivity index is 0.000000293. The fraction of sp³-hybridized carbons (Fsp3) is 1.00. The number of nitrogens with one attached hydrogen (secondary N) is 1. The number of hydrogen-bond acceptors (Lipinski definition) is 3. The summed E-state index contributed by atoms with van der Waals surface area (Å²) in [4.78, 5) is 0. The van der Waals surface area contributed by atoms with Crippen molar-refractivity contribution in [1.82, 2.24) is 5.32 Å². The highest BCUT2D eigenvalue weighted by Gasteiger charge is 2.33. The Bertz CT molecular complexity index is 155. The molecule has 3 atom stereocenters. The average molecular weight is 313 g/mol. The summed E-state index contributed by atoms with van der Waals surface area (Å²) in [5.74, 6) is 1.39. The predicted octanol–water partition coefficient (Wildman–Crippen LogP) is 1.74. The van der Waals surface area contributed by atoms with Crippen molar-refractivity contribution < 1.29 is 8.17 Å². The molecule has 0 aromatic heterocycles. The minimum absolute atomic E-state index is 0.0100. The zero-order valence-corrected chi connectivity index (χ0v) is 10.9. The first-order valence-corrected chi connectivity index (χ1v) is 6.21. The molecule has 0 aromatic carbocycles. The zero-order valence-electron chi connectivity index (χ0n) is 8.71. The number of hydrogen-bond donors (Lipinski definition) is 2. The van der Waals surface area contributed by atoms with Crippen LogP contribution in [0.1, 0.15) is 25.7 Å². The third-order valence-electron chi connectivity index (χ3n) is 3.24. The maximum absolute atomic E-state index is 9.68. The molecule has 4 heteroatoms. The predicted molar refractivity (Wildman–Crippen MR) is 65.4 cm³/mol. The Labute approximate surface area is 100 Å². The van der Waals surface area contributed by atoms with Gasteiger partial charge in [-0.1, -0.05) is 6.42 Å². The summed E-state index contributed by atoms with van der Waals surface area (Å²) < 4.78 is 4.22. The van der Waals surface area contributed by atoms with Crippen molar-refractivity contribution in [2.24, 2.45) is 11.8 Å². The van der Waals surface area contributed by atoms with E-state index >= 15 is 0 Å². The molecule has 0 radical (unpaired) electrons. The van der Waals surface area contributed by atoms with E-state index in [1.807, 2.05) is 0 Å². The first-order chi connectivity index (χ1) is 6.79. The Morgan fingerprint density at radius 2 is 2.07 bits per heavy atom. The van der Waals surface area contributed by atoms with E-state index in [9.17, 15) is 5.11 Å². The first kappa shape index (κ1) is 12.7. The Kier molecular flexibility index (Phi) is 6.32. The topological polar surface area (TPSA) is 41.5 Å². The van der Waals surface area contributed by atoms with E-state index in [1.54, 1.807) is 30.1 Å². The molecule has 1 saturated carbocycles. The molecule has 2 rings (SSSR count). The van der Waals surface area contributed by atoms with Gasteiger partial charge in [-0.25, -0.2) is 0 Å². The second-order valence-corrected chi connectivity index (χ2v) is 4.95. The van der Waals surface area contributed by atoms with Gasteiger partial charge in [0.1, 0.15) is 23.0 Å². The molecule has 1 aliphatic heterocycles. The van der Waals surface area contributed by atoms with E-state index in [0.717, 1.165) is 25.4 Å². The van der Waals surface area contributed by atoms with Gasteiger partial charge in [0, 0.05) is 7.11 Å². The van der Waals surface area contributed by atoms with Crippen LogP contribution in [0.3, 0.4) is 0 Å². The summed E-state index contributed by atoms with van der Waals surface area (Å²) in [6, 6.07) is 0. The summed E-state index contributed by atoms with van der Waals surface area (Å²) in [7, 11) is 1.61. The molecule has 0 spiro atoms. The normalized spacial score (nSPS) is 36.6. The Morgan fingerprint density at radius 3 is 2.71 bits per heavy atom. The van der Waals surface area contributed by atoms with Gasteiger partial charge in [0.05, 0.1) is 6.10 Å². The molecular weight excluding hydrogens is 293 g/mol. The van der Waals surface area contributed by atoms with Crippen molar-refractivity contribution in [3.8, 4) is 0 Å². The lowest BCUT2D eigenvalue weighted by Crippen LogP contribution is -2.44. The van der Waals surface area contributed by atoms with Crippen LogP contribution in [0.4, 0.5) is 0 Å². The highest BCUT2D eigenvalue weighted by atomic mass is 127. The van der Waals surface area contributed by atoms with Crippen LogP contribution in [0.2, 0.25) is 0 Å². The van der Waals surface area contributed by atoms with Gasteiger partial charge < -0.3 is 13.5 Å². The van der Waals surface area contributed by atoms with Gasteiger partial charge in [-0.3, -0.25) is 0 Å². The minimum Gasteiger partial charge on any atom is -0.393 e. The van der Waals surface area contributed by atoms with Gasteiger partial charge in [-0.05, 0) is 44.2 Å². The lowest BCUT2D eigenvalue weighted by molar-refractivity contribution is 0.0167. The summed E-state index contributed by atoms with van der Waals surface area (Å²) in [5, 5.41) is 13.1. The summed E-state index contributed by atoms with van der Waals surface area (Å²) >= 11 is 1.79.